The second kappa shape index (κ2) is 5.80. The summed E-state index contributed by atoms with van der Waals surface area (Å²) < 4.78 is 3.08. The first-order chi connectivity index (χ1) is 12.5. The number of rotatable bonds is 3. The summed E-state index contributed by atoms with van der Waals surface area (Å²) >= 11 is 0. The number of aromatic nitrogens is 6. The number of hydrogen-bond acceptors (Lipinski definition) is 5. The van der Waals surface area contributed by atoms with Crippen molar-refractivity contribution in [2.75, 3.05) is 14.1 Å². The Hall–Kier alpha value is -3.49. The van der Waals surface area contributed by atoms with Crippen molar-refractivity contribution in [3.05, 3.63) is 47.3 Å². The van der Waals surface area contributed by atoms with Gasteiger partial charge in [-0.25, -0.2) is 19.3 Å². The van der Waals surface area contributed by atoms with E-state index in [2.05, 4.69) is 20.1 Å². The van der Waals surface area contributed by atoms with Crippen LogP contribution in [-0.2, 0) is 4.79 Å². The molecule has 1 amide bonds. The number of amides is 1. The molecule has 4 heterocycles. The molecule has 0 radical (unpaired) electrons. The van der Waals surface area contributed by atoms with E-state index >= 15 is 0 Å². The third-order valence-electron chi connectivity index (χ3n) is 4.31. The Kier molecular flexibility index (Phi) is 3.57. The SMILES string of the molecule is C[C@@H](C(=O)N(C)C)n1c(=O)[nH]c2cnc(-c3cnn4ccccc34)nc21. The molecule has 4 aromatic heterocycles. The average molecular weight is 351 g/mol. The van der Waals surface area contributed by atoms with Crippen LogP contribution in [0.1, 0.15) is 13.0 Å². The lowest BCUT2D eigenvalue weighted by atomic mass is 10.2. The van der Waals surface area contributed by atoms with Crippen LogP contribution in [0.15, 0.2) is 41.6 Å². The van der Waals surface area contributed by atoms with Gasteiger partial charge in [0.2, 0.25) is 5.91 Å². The summed E-state index contributed by atoms with van der Waals surface area (Å²) in [6.45, 7) is 1.67. The summed E-state index contributed by atoms with van der Waals surface area (Å²) in [6.07, 6.45) is 5.07. The van der Waals surface area contributed by atoms with Gasteiger partial charge in [-0.15, -0.1) is 0 Å². The minimum absolute atomic E-state index is 0.191. The molecular weight excluding hydrogens is 334 g/mol. The van der Waals surface area contributed by atoms with E-state index in [9.17, 15) is 9.59 Å². The number of aromatic amines is 1. The predicted octanol–water partition coefficient (Wildman–Crippen LogP) is 1.08. The fourth-order valence-corrected chi connectivity index (χ4v) is 3.00. The topological polar surface area (TPSA) is 101 Å². The van der Waals surface area contributed by atoms with E-state index in [4.69, 9.17) is 0 Å². The van der Waals surface area contributed by atoms with Gasteiger partial charge in [-0.3, -0.25) is 9.36 Å². The number of hydrogen-bond donors (Lipinski definition) is 1. The summed E-state index contributed by atoms with van der Waals surface area (Å²) in [6, 6.07) is 5.02. The van der Waals surface area contributed by atoms with Crippen LogP contribution in [0.4, 0.5) is 0 Å². The zero-order chi connectivity index (χ0) is 18.4. The van der Waals surface area contributed by atoms with Crippen molar-refractivity contribution in [3.63, 3.8) is 0 Å². The Morgan fingerprint density at radius 2 is 2.08 bits per heavy atom. The molecule has 0 aliphatic rings. The van der Waals surface area contributed by atoms with E-state index in [1.54, 1.807) is 37.9 Å². The summed E-state index contributed by atoms with van der Waals surface area (Å²) in [4.78, 5) is 37.7. The molecule has 1 atom stereocenters. The number of H-pyrrole nitrogens is 1. The van der Waals surface area contributed by atoms with E-state index in [1.165, 1.54) is 9.47 Å². The van der Waals surface area contributed by atoms with Crippen LogP contribution >= 0.6 is 0 Å². The number of carbonyl (C=O) groups excluding carboxylic acids is 1. The van der Waals surface area contributed by atoms with E-state index in [1.807, 2.05) is 24.4 Å². The molecule has 0 bridgehead atoms. The number of fused-ring (bicyclic) bond motifs is 2. The van der Waals surface area contributed by atoms with Gasteiger partial charge in [0.25, 0.3) is 0 Å². The first kappa shape index (κ1) is 16.0. The molecule has 0 fully saturated rings. The van der Waals surface area contributed by atoms with Gasteiger partial charge in [0, 0.05) is 20.3 Å². The van der Waals surface area contributed by atoms with Crippen LogP contribution in [0.25, 0.3) is 28.1 Å². The molecule has 1 N–H and O–H groups in total. The molecule has 26 heavy (non-hydrogen) atoms. The van der Waals surface area contributed by atoms with Gasteiger partial charge in [0.05, 0.1) is 23.5 Å². The Morgan fingerprint density at radius 1 is 1.27 bits per heavy atom. The molecule has 132 valence electrons. The van der Waals surface area contributed by atoms with Crippen LogP contribution in [0.3, 0.4) is 0 Å². The van der Waals surface area contributed by atoms with Crippen molar-refractivity contribution >= 4 is 22.6 Å². The molecule has 0 aromatic carbocycles. The first-order valence-corrected chi connectivity index (χ1v) is 8.08. The van der Waals surface area contributed by atoms with Gasteiger partial charge in [-0.05, 0) is 19.1 Å². The molecule has 0 aliphatic heterocycles. The quantitative estimate of drug-likeness (QED) is 0.595. The Labute approximate surface area is 147 Å². The highest BCUT2D eigenvalue weighted by molar-refractivity contribution is 5.83. The zero-order valence-corrected chi connectivity index (χ0v) is 14.5. The minimum Gasteiger partial charge on any atom is -0.347 e. The standard InChI is InChI=1S/C17H17N7O2/c1-10(16(25)22(2)3)24-15-12(20-17(24)26)9-18-14(21-15)11-8-19-23-7-5-4-6-13(11)23/h4-10H,1-3H3,(H,20,26)/t10-/m0/s1. The second-order valence-corrected chi connectivity index (χ2v) is 6.23. The normalized spacial score (nSPS) is 12.6. The van der Waals surface area contributed by atoms with E-state index in [0.29, 0.717) is 17.0 Å². The van der Waals surface area contributed by atoms with Gasteiger partial charge in [0.15, 0.2) is 11.5 Å². The summed E-state index contributed by atoms with van der Waals surface area (Å²) in [5.41, 5.74) is 2.08. The highest BCUT2D eigenvalue weighted by Crippen LogP contribution is 2.23. The highest BCUT2D eigenvalue weighted by Gasteiger charge is 2.23. The Morgan fingerprint density at radius 3 is 2.85 bits per heavy atom. The molecule has 0 aliphatic carbocycles. The van der Waals surface area contributed by atoms with Crippen molar-refractivity contribution < 1.29 is 4.79 Å². The number of imidazole rings is 1. The largest absolute Gasteiger partial charge is 0.347 e. The van der Waals surface area contributed by atoms with E-state index in [0.717, 1.165) is 11.1 Å². The van der Waals surface area contributed by atoms with Crippen molar-refractivity contribution in [1.29, 1.82) is 0 Å². The lowest BCUT2D eigenvalue weighted by molar-refractivity contribution is -0.131. The van der Waals surface area contributed by atoms with Gasteiger partial charge in [0.1, 0.15) is 11.6 Å². The summed E-state index contributed by atoms with van der Waals surface area (Å²) in [5.74, 6) is 0.250. The summed E-state index contributed by atoms with van der Waals surface area (Å²) in [5, 5.41) is 4.29. The third-order valence-corrected chi connectivity index (χ3v) is 4.31. The molecule has 0 saturated carbocycles. The molecule has 4 rings (SSSR count). The minimum atomic E-state index is -0.682. The predicted molar refractivity (Wildman–Crippen MR) is 95.7 cm³/mol. The molecular formula is C17H17N7O2. The van der Waals surface area contributed by atoms with Crippen LogP contribution in [0.5, 0.6) is 0 Å². The highest BCUT2D eigenvalue weighted by atomic mass is 16.2. The number of nitrogens with zero attached hydrogens (tertiary/aromatic N) is 6. The number of pyridine rings is 1. The van der Waals surface area contributed by atoms with Crippen LogP contribution in [0.2, 0.25) is 0 Å². The number of likely N-dealkylation sites (N-methyl/N-ethyl adjacent to an activating group) is 1. The fourth-order valence-electron chi connectivity index (χ4n) is 3.00. The first-order valence-electron chi connectivity index (χ1n) is 8.08. The molecule has 0 unspecified atom stereocenters. The van der Waals surface area contributed by atoms with Crippen molar-refractivity contribution in [2.45, 2.75) is 13.0 Å². The van der Waals surface area contributed by atoms with Crippen LogP contribution < -0.4 is 5.69 Å². The van der Waals surface area contributed by atoms with Gasteiger partial charge in [-0.2, -0.15) is 5.10 Å². The third kappa shape index (κ3) is 2.36. The number of nitrogens with one attached hydrogen (secondary N) is 1. The molecule has 9 nitrogen and oxygen atoms in total. The zero-order valence-electron chi connectivity index (χ0n) is 14.5. The monoisotopic (exact) mass is 351 g/mol. The van der Waals surface area contributed by atoms with Gasteiger partial charge < -0.3 is 9.88 Å². The lowest BCUT2D eigenvalue weighted by Crippen LogP contribution is -2.34. The van der Waals surface area contributed by atoms with Crippen molar-refractivity contribution in [2.24, 2.45) is 0 Å². The molecule has 0 spiro atoms. The van der Waals surface area contributed by atoms with E-state index < -0.39 is 11.7 Å². The van der Waals surface area contributed by atoms with E-state index in [-0.39, 0.29) is 5.91 Å². The lowest BCUT2D eigenvalue weighted by Gasteiger charge is -2.17. The smallest absolute Gasteiger partial charge is 0.328 e. The van der Waals surface area contributed by atoms with Crippen LogP contribution in [0, 0.1) is 0 Å². The Balaban J connectivity index is 1.91. The van der Waals surface area contributed by atoms with Crippen molar-refractivity contribution in [3.8, 4) is 11.4 Å². The maximum Gasteiger partial charge on any atom is 0.328 e. The second-order valence-electron chi connectivity index (χ2n) is 6.23. The van der Waals surface area contributed by atoms with Gasteiger partial charge >= 0.3 is 5.69 Å². The summed E-state index contributed by atoms with van der Waals surface area (Å²) in [7, 11) is 3.30. The van der Waals surface area contributed by atoms with Gasteiger partial charge in [-0.1, -0.05) is 6.07 Å². The van der Waals surface area contributed by atoms with Crippen LogP contribution in [-0.4, -0.2) is 54.0 Å². The molecule has 0 saturated heterocycles. The Bertz CT molecular complexity index is 1180. The fraction of sp³-hybridized carbons (Fsp3) is 0.235. The van der Waals surface area contributed by atoms with Crippen molar-refractivity contribution in [1.82, 2.24) is 34.0 Å². The average Bonchev–Trinajstić information content (AvgIpc) is 3.20. The maximum atomic E-state index is 12.4. The molecule has 9 heteroatoms. The molecule has 4 aromatic rings. The number of carbonyl (C=O) groups is 1. The maximum absolute atomic E-state index is 12.4.